The molecule has 3 N–H and O–H groups in total. The number of rotatable bonds is 85. The Balaban J connectivity index is 3.30. The monoisotopic (exact) mass is 1330 g/mol. The first kappa shape index (κ1) is 92.9. The standard InChI is InChI=1S/C88H175NO5/c1-3-5-7-9-11-13-15-17-19-21-23-24-25-35-38-41-45-48-52-56-60-64-68-72-76-80-86(91)85(84-90)89-87(92)81-77-73-69-65-61-57-53-49-46-42-39-36-33-31-29-27-26-28-30-32-34-37-40-43-47-51-55-59-63-67-71-75-79-83-94-88(93)82-78-74-70-66-62-58-54-50-44-22-20-18-16-14-12-10-8-6-4-2/h85-86,90-91H,3-84H2,1-2H3,(H,89,92). The Morgan fingerprint density at radius 1 is 0.255 bits per heavy atom. The number of nitrogens with one attached hydrogen (secondary N) is 1. The number of esters is 1. The fourth-order valence-corrected chi connectivity index (χ4v) is 14.7. The topological polar surface area (TPSA) is 95.9 Å². The Kier molecular flexibility index (Phi) is 83.3. The van der Waals surface area contributed by atoms with Gasteiger partial charge in [-0.25, -0.2) is 0 Å². The smallest absolute Gasteiger partial charge is 0.305 e. The van der Waals surface area contributed by atoms with Gasteiger partial charge in [-0.1, -0.05) is 489 Å². The third kappa shape index (κ3) is 79.8. The molecule has 0 saturated carbocycles. The van der Waals surface area contributed by atoms with E-state index in [-0.39, 0.29) is 18.5 Å². The van der Waals surface area contributed by atoms with Crippen molar-refractivity contribution in [2.45, 2.75) is 540 Å². The molecule has 0 radical (unpaired) electrons. The van der Waals surface area contributed by atoms with Gasteiger partial charge < -0.3 is 20.3 Å². The maximum atomic E-state index is 12.6. The molecule has 0 aromatic rings. The molecule has 2 atom stereocenters. The van der Waals surface area contributed by atoms with Crippen molar-refractivity contribution in [2.24, 2.45) is 0 Å². The average Bonchev–Trinajstić information content (AvgIpc) is 3.66. The van der Waals surface area contributed by atoms with Crippen LogP contribution in [0.4, 0.5) is 0 Å². The lowest BCUT2D eigenvalue weighted by Crippen LogP contribution is -2.45. The SMILES string of the molecule is CCCCCCCCCCCCCCCCCCCCCCCCCCCC(O)C(CO)NC(=O)CCCCCCCCCCCCCCCCCCCCCCCCCCCCCCCCCCCOC(=O)CCCCCCCCCCCCCCCCCCCCC. The summed E-state index contributed by atoms with van der Waals surface area (Å²) in [6.45, 7) is 5.03. The van der Waals surface area contributed by atoms with Crippen molar-refractivity contribution in [3.63, 3.8) is 0 Å². The van der Waals surface area contributed by atoms with Crippen molar-refractivity contribution in [1.82, 2.24) is 5.32 Å². The lowest BCUT2D eigenvalue weighted by Gasteiger charge is -2.22. The minimum Gasteiger partial charge on any atom is -0.466 e. The molecule has 6 nitrogen and oxygen atoms in total. The summed E-state index contributed by atoms with van der Waals surface area (Å²) >= 11 is 0. The number of hydrogen-bond acceptors (Lipinski definition) is 5. The summed E-state index contributed by atoms with van der Waals surface area (Å²) in [5, 5.41) is 23.5. The molecule has 0 heterocycles. The predicted molar refractivity (Wildman–Crippen MR) is 417 cm³/mol. The highest BCUT2D eigenvalue weighted by Crippen LogP contribution is 2.22. The molecule has 0 saturated heterocycles. The number of aliphatic hydroxyl groups excluding tert-OH is 2. The molecule has 0 aromatic carbocycles. The summed E-state index contributed by atoms with van der Waals surface area (Å²) in [5.74, 6) is 0.00560. The molecule has 562 valence electrons. The van der Waals surface area contributed by atoms with Crippen molar-refractivity contribution in [2.75, 3.05) is 13.2 Å². The van der Waals surface area contributed by atoms with E-state index in [1.54, 1.807) is 0 Å². The van der Waals surface area contributed by atoms with E-state index < -0.39 is 12.1 Å². The van der Waals surface area contributed by atoms with Crippen LogP contribution in [0.3, 0.4) is 0 Å². The predicted octanol–water partition coefficient (Wildman–Crippen LogP) is 29.6. The van der Waals surface area contributed by atoms with Crippen LogP contribution in [0, 0.1) is 0 Å². The molecule has 0 aliphatic rings. The first-order chi connectivity index (χ1) is 46.5. The number of carbonyl (C=O) groups is 2. The van der Waals surface area contributed by atoms with Gasteiger partial charge in [-0.2, -0.15) is 0 Å². The highest BCUT2D eigenvalue weighted by atomic mass is 16.5. The third-order valence-electron chi connectivity index (χ3n) is 21.4. The minimum absolute atomic E-state index is 0.0228. The van der Waals surface area contributed by atoms with E-state index in [0.717, 1.165) is 38.5 Å². The largest absolute Gasteiger partial charge is 0.466 e. The summed E-state index contributed by atoms with van der Waals surface area (Å²) in [6, 6.07) is -0.539. The van der Waals surface area contributed by atoms with E-state index in [4.69, 9.17) is 4.74 Å². The second-order valence-corrected chi connectivity index (χ2v) is 30.9. The number of amides is 1. The molecule has 0 aliphatic heterocycles. The molecule has 0 aromatic heterocycles. The van der Waals surface area contributed by atoms with Crippen molar-refractivity contribution in [1.29, 1.82) is 0 Å². The number of hydrogen-bond donors (Lipinski definition) is 3. The van der Waals surface area contributed by atoms with Crippen LogP contribution in [0.2, 0.25) is 0 Å². The Morgan fingerprint density at radius 2 is 0.436 bits per heavy atom. The van der Waals surface area contributed by atoms with Crippen molar-refractivity contribution in [3.8, 4) is 0 Å². The van der Waals surface area contributed by atoms with Crippen LogP contribution in [-0.2, 0) is 14.3 Å². The molecule has 0 spiro atoms. The van der Waals surface area contributed by atoms with Crippen LogP contribution >= 0.6 is 0 Å². The lowest BCUT2D eigenvalue weighted by atomic mass is 10.0. The van der Waals surface area contributed by atoms with Crippen LogP contribution in [0.15, 0.2) is 0 Å². The van der Waals surface area contributed by atoms with Gasteiger partial charge >= 0.3 is 5.97 Å². The van der Waals surface area contributed by atoms with E-state index in [0.29, 0.717) is 25.9 Å². The van der Waals surface area contributed by atoms with Crippen LogP contribution in [-0.4, -0.2) is 47.4 Å². The van der Waals surface area contributed by atoms with E-state index >= 15 is 0 Å². The number of unbranched alkanes of at least 4 members (excludes halogenated alkanes) is 74. The molecule has 94 heavy (non-hydrogen) atoms. The van der Waals surface area contributed by atoms with E-state index in [9.17, 15) is 19.8 Å². The summed E-state index contributed by atoms with van der Waals surface area (Å²) in [7, 11) is 0. The Hall–Kier alpha value is -1.14. The average molecular weight is 1330 g/mol. The Morgan fingerprint density at radius 3 is 0.649 bits per heavy atom. The van der Waals surface area contributed by atoms with Crippen molar-refractivity contribution < 1.29 is 24.5 Å². The Labute approximate surface area is 591 Å². The molecule has 2 unspecified atom stereocenters. The number of aliphatic hydroxyl groups is 2. The second-order valence-electron chi connectivity index (χ2n) is 30.9. The normalized spacial score (nSPS) is 12.3. The summed E-state index contributed by atoms with van der Waals surface area (Å²) in [5.41, 5.74) is 0. The summed E-state index contributed by atoms with van der Waals surface area (Å²) in [6.07, 6.45) is 107. The van der Waals surface area contributed by atoms with Gasteiger partial charge in [0.25, 0.3) is 0 Å². The summed E-state index contributed by atoms with van der Waals surface area (Å²) < 4.78 is 5.53. The quantitative estimate of drug-likeness (QED) is 0.0417. The van der Waals surface area contributed by atoms with Crippen LogP contribution < -0.4 is 5.32 Å². The maximum Gasteiger partial charge on any atom is 0.305 e. The summed E-state index contributed by atoms with van der Waals surface area (Å²) in [4.78, 5) is 24.7. The van der Waals surface area contributed by atoms with Gasteiger partial charge in [-0.05, 0) is 25.7 Å². The van der Waals surface area contributed by atoms with Gasteiger partial charge in [-0.15, -0.1) is 0 Å². The number of ether oxygens (including phenoxy) is 1. The van der Waals surface area contributed by atoms with Crippen molar-refractivity contribution in [3.05, 3.63) is 0 Å². The maximum absolute atomic E-state index is 12.6. The van der Waals surface area contributed by atoms with Gasteiger partial charge in [0.15, 0.2) is 0 Å². The minimum atomic E-state index is -0.662. The number of carbonyl (C=O) groups excluding carboxylic acids is 2. The van der Waals surface area contributed by atoms with E-state index in [2.05, 4.69) is 19.2 Å². The Bertz CT molecular complexity index is 1390. The molecule has 0 aliphatic carbocycles. The third-order valence-corrected chi connectivity index (χ3v) is 21.4. The van der Waals surface area contributed by atoms with Gasteiger partial charge in [0.05, 0.1) is 25.4 Å². The first-order valence-electron chi connectivity index (χ1n) is 44.3. The first-order valence-corrected chi connectivity index (χ1v) is 44.3. The van der Waals surface area contributed by atoms with Crippen molar-refractivity contribution >= 4 is 11.9 Å². The van der Waals surface area contributed by atoms with Gasteiger partial charge in [0, 0.05) is 12.8 Å². The van der Waals surface area contributed by atoms with Gasteiger partial charge in [0.2, 0.25) is 5.91 Å². The highest BCUT2D eigenvalue weighted by molar-refractivity contribution is 5.76. The molecular weight excluding hydrogens is 1150 g/mol. The van der Waals surface area contributed by atoms with Crippen LogP contribution in [0.1, 0.15) is 528 Å². The zero-order valence-electron chi connectivity index (χ0n) is 64.8. The fraction of sp³-hybridized carbons (Fsp3) is 0.977. The molecule has 1 amide bonds. The van der Waals surface area contributed by atoms with E-state index in [1.807, 2.05) is 0 Å². The van der Waals surface area contributed by atoms with Crippen LogP contribution in [0.5, 0.6) is 0 Å². The zero-order chi connectivity index (χ0) is 67.7. The van der Waals surface area contributed by atoms with Gasteiger partial charge in [-0.3, -0.25) is 9.59 Å². The van der Waals surface area contributed by atoms with E-state index in [1.165, 1.54) is 456 Å². The zero-order valence-corrected chi connectivity index (χ0v) is 64.8. The highest BCUT2D eigenvalue weighted by Gasteiger charge is 2.20. The molecule has 0 fully saturated rings. The van der Waals surface area contributed by atoms with Gasteiger partial charge in [0.1, 0.15) is 0 Å². The molecule has 0 bridgehead atoms. The molecule has 0 rings (SSSR count). The molecule has 6 heteroatoms. The fourth-order valence-electron chi connectivity index (χ4n) is 14.7. The second kappa shape index (κ2) is 84.3. The van der Waals surface area contributed by atoms with Crippen LogP contribution in [0.25, 0.3) is 0 Å². The lowest BCUT2D eigenvalue weighted by molar-refractivity contribution is -0.143. The molecular formula is C88H175NO5.